The Balaban J connectivity index is 0.000000130. The minimum Gasteiger partial charge on any atom is -0.455 e. The van der Waals surface area contributed by atoms with Crippen LogP contribution in [0.3, 0.4) is 0 Å². The van der Waals surface area contributed by atoms with E-state index in [-0.39, 0.29) is 0 Å². The van der Waals surface area contributed by atoms with Gasteiger partial charge >= 0.3 is 0 Å². The van der Waals surface area contributed by atoms with Crippen molar-refractivity contribution in [3.63, 3.8) is 0 Å². The maximum Gasteiger partial charge on any atom is 0.143 e. The summed E-state index contributed by atoms with van der Waals surface area (Å²) in [6.07, 6.45) is 0. The Morgan fingerprint density at radius 1 is 0.208 bits per heavy atom. The maximum absolute atomic E-state index is 6.35. The van der Waals surface area contributed by atoms with Gasteiger partial charge in [-0.15, -0.1) is 0 Å². The largest absolute Gasteiger partial charge is 0.455 e. The molecule has 18 aromatic rings. The van der Waals surface area contributed by atoms with Crippen molar-refractivity contribution in [1.29, 1.82) is 0 Å². The van der Waals surface area contributed by atoms with Crippen LogP contribution in [0.5, 0.6) is 0 Å². The Kier molecular flexibility index (Phi) is 18.0. The summed E-state index contributed by atoms with van der Waals surface area (Å²) < 4.78 is 12.5. The molecule has 16 aromatic carbocycles. The first-order valence-electron chi connectivity index (χ1n) is 34.0. The number of halogens is 1. The van der Waals surface area contributed by atoms with E-state index in [1.807, 2.05) is 66.7 Å². The maximum atomic E-state index is 6.35. The van der Waals surface area contributed by atoms with E-state index in [1.54, 1.807) is 0 Å². The van der Waals surface area contributed by atoms with Crippen molar-refractivity contribution in [2.75, 3.05) is 10.2 Å². The van der Waals surface area contributed by atoms with E-state index >= 15 is 0 Å². The summed E-state index contributed by atoms with van der Waals surface area (Å²) in [5.41, 5.74) is 28.1. The molecule has 0 radical (unpaired) electrons. The van der Waals surface area contributed by atoms with Crippen LogP contribution >= 0.6 is 11.6 Å². The predicted octanol–water partition coefficient (Wildman–Crippen LogP) is 28.1. The van der Waals surface area contributed by atoms with E-state index in [1.165, 1.54) is 66.8 Å². The molecule has 480 valence electrons. The second-order valence-corrected chi connectivity index (χ2v) is 25.3. The number of rotatable bonds is 13. The van der Waals surface area contributed by atoms with Crippen molar-refractivity contribution < 1.29 is 8.83 Å². The average molecular weight is 1320 g/mol. The Hall–Kier alpha value is -13.0. The number of nitrogens with zero attached hydrogens (tertiary/aromatic N) is 1. The van der Waals surface area contributed by atoms with Crippen molar-refractivity contribution in [3.05, 3.63) is 405 Å². The first-order chi connectivity index (χ1) is 50.0. The minimum absolute atomic E-state index is 0.757. The van der Waals surface area contributed by atoms with Gasteiger partial charge in [0.1, 0.15) is 22.3 Å². The first-order valence-corrected chi connectivity index (χ1v) is 34.4. The van der Waals surface area contributed by atoms with Crippen LogP contribution in [0.15, 0.2) is 409 Å². The van der Waals surface area contributed by atoms with Gasteiger partial charge in [0.05, 0.1) is 0 Å². The zero-order valence-corrected chi connectivity index (χ0v) is 56.0. The number of anilines is 5. The van der Waals surface area contributed by atoms with Gasteiger partial charge in [-0.1, -0.05) is 315 Å². The van der Waals surface area contributed by atoms with E-state index in [9.17, 15) is 0 Å². The van der Waals surface area contributed by atoms with Crippen LogP contribution in [-0.2, 0) is 0 Å². The van der Waals surface area contributed by atoms with Crippen molar-refractivity contribution in [2.24, 2.45) is 0 Å². The van der Waals surface area contributed by atoms with E-state index in [4.69, 9.17) is 20.4 Å². The van der Waals surface area contributed by atoms with Crippen LogP contribution in [0.25, 0.3) is 133 Å². The average Bonchev–Trinajstić information content (AvgIpc) is 1.66. The molecule has 2 heterocycles. The van der Waals surface area contributed by atoms with Gasteiger partial charge in [-0.25, -0.2) is 0 Å². The molecule has 0 atom stereocenters. The van der Waals surface area contributed by atoms with Gasteiger partial charge in [0.15, 0.2) is 0 Å². The Labute approximate surface area is 593 Å². The minimum atomic E-state index is 0.757. The lowest BCUT2D eigenvalue weighted by atomic mass is 9.91. The van der Waals surface area contributed by atoms with Crippen LogP contribution in [-0.4, -0.2) is 0 Å². The van der Waals surface area contributed by atoms with Gasteiger partial charge in [-0.05, 0) is 175 Å². The summed E-state index contributed by atoms with van der Waals surface area (Å²) in [5.74, 6) is 0. The third-order valence-corrected chi connectivity index (χ3v) is 18.8. The molecule has 101 heavy (non-hydrogen) atoms. The summed E-state index contributed by atoms with van der Waals surface area (Å²) in [6, 6.07) is 140. The van der Waals surface area contributed by atoms with Crippen LogP contribution in [0.2, 0.25) is 5.02 Å². The number of hydrogen-bond acceptors (Lipinski definition) is 4. The monoisotopic (exact) mass is 1310 g/mol. The van der Waals surface area contributed by atoms with Crippen LogP contribution in [0.1, 0.15) is 0 Å². The highest BCUT2D eigenvalue weighted by molar-refractivity contribution is 6.30. The summed E-state index contributed by atoms with van der Waals surface area (Å²) in [5, 5.41) is 8.77. The van der Waals surface area contributed by atoms with Gasteiger partial charge in [0, 0.05) is 66.1 Å². The molecule has 4 nitrogen and oxygen atoms in total. The summed E-state index contributed by atoms with van der Waals surface area (Å²) in [7, 11) is 0. The molecule has 0 spiro atoms. The van der Waals surface area contributed by atoms with Gasteiger partial charge in [-0.3, -0.25) is 0 Å². The molecule has 0 aliphatic heterocycles. The number of hydrogen-bond donors (Lipinski definition) is 1. The van der Waals surface area contributed by atoms with Crippen molar-refractivity contribution >= 4 is 83.9 Å². The summed E-state index contributed by atoms with van der Waals surface area (Å²) in [4.78, 5) is 2.31. The Morgan fingerprint density at radius 2 is 0.515 bits per heavy atom. The van der Waals surface area contributed by atoms with E-state index in [0.29, 0.717) is 0 Å². The fraction of sp³-hybridized carbons (Fsp3) is 0. The quantitative estimate of drug-likeness (QED) is 0.125. The highest BCUT2D eigenvalue weighted by Gasteiger charge is 2.18. The lowest BCUT2D eigenvalue weighted by Crippen LogP contribution is -2.09. The zero-order valence-electron chi connectivity index (χ0n) is 55.2. The molecular formula is C96H67ClN2O2. The second kappa shape index (κ2) is 29.0. The molecule has 1 N–H and O–H groups in total. The predicted molar refractivity (Wildman–Crippen MR) is 427 cm³/mol. The highest BCUT2D eigenvalue weighted by Crippen LogP contribution is 2.43. The number of nitrogens with one attached hydrogen (secondary N) is 1. The topological polar surface area (TPSA) is 41.6 Å². The molecule has 0 aliphatic rings. The van der Waals surface area contributed by atoms with Gasteiger partial charge < -0.3 is 19.1 Å². The SMILES string of the molecule is Clc1ccc(-c2ccc(-c3ccccc3)c(-c3ccccc3)c2)cc1.c1ccc(-c2ccc(-c3ccc(N(c4ccccc4)c4ccc(-c5cccc6c5oc5ccccc56)cc4)cc3)cc2-c2ccccc2)cc1.c1ccc(Nc2ccc(-c3cccc4c3oc3ccccc34)cc2)cc1. The molecule has 18 rings (SSSR count). The molecule has 0 unspecified atom stereocenters. The normalized spacial score (nSPS) is 11.0. The van der Waals surface area contributed by atoms with Crippen LogP contribution in [0, 0.1) is 0 Å². The molecule has 0 fully saturated rings. The van der Waals surface area contributed by atoms with Gasteiger partial charge in [0.2, 0.25) is 0 Å². The van der Waals surface area contributed by atoms with Gasteiger partial charge in [0.25, 0.3) is 0 Å². The molecule has 0 amide bonds. The lowest BCUT2D eigenvalue weighted by Gasteiger charge is -2.26. The van der Waals surface area contributed by atoms with E-state index in [0.717, 1.165) is 99.6 Å². The third-order valence-electron chi connectivity index (χ3n) is 18.5. The van der Waals surface area contributed by atoms with E-state index in [2.05, 4.69) is 344 Å². The second-order valence-electron chi connectivity index (χ2n) is 24.9. The fourth-order valence-electron chi connectivity index (χ4n) is 13.5. The number of furan rings is 2. The first kappa shape index (κ1) is 62.8. The van der Waals surface area contributed by atoms with Crippen LogP contribution < -0.4 is 10.2 Å². The summed E-state index contributed by atoms with van der Waals surface area (Å²) in [6.45, 7) is 0. The summed E-state index contributed by atoms with van der Waals surface area (Å²) >= 11 is 6.03. The molecule has 2 aromatic heterocycles. The number of benzene rings is 16. The van der Waals surface area contributed by atoms with Gasteiger partial charge in [-0.2, -0.15) is 0 Å². The molecule has 0 saturated carbocycles. The molecular weight excluding hydrogens is 1250 g/mol. The molecule has 0 aliphatic carbocycles. The van der Waals surface area contributed by atoms with E-state index < -0.39 is 0 Å². The molecule has 5 heteroatoms. The smallest absolute Gasteiger partial charge is 0.143 e. The molecule has 0 saturated heterocycles. The fourth-order valence-corrected chi connectivity index (χ4v) is 13.7. The van der Waals surface area contributed by atoms with Crippen molar-refractivity contribution in [1.82, 2.24) is 0 Å². The van der Waals surface area contributed by atoms with Crippen molar-refractivity contribution in [2.45, 2.75) is 0 Å². The standard InChI is InChI=1S/C48H33NO.C24H17Cl.C24H17NO/c1-4-13-35(14-5-1)42-32-27-38(33-46(42)36-15-6-2-7-16-36)34-23-28-40(29-24-34)49(39-17-8-3-9-18-39)41-30-25-37(26-31-41)43-20-12-21-45-44-19-10-11-22-47(44)50-48(43)45;25-22-14-11-18(12-15-22)21-13-16-23(19-7-3-1-4-8-19)24(17-21)20-9-5-2-6-10-20;1-2-7-18(8-3-1)25-19-15-13-17(14-16-19)20-10-6-11-22-21-9-4-5-12-23(21)26-24(20)22/h1-33H;1-17H;1-16,25H. The Morgan fingerprint density at radius 3 is 0.950 bits per heavy atom. The number of para-hydroxylation sites is 6. The third kappa shape index (κ3) is 13.6. The zero-order chi connectivity index (χ0) is 67.7. The Bertz CT molecular complexity index is 5810. The van der Waals surface area contributed by atoms with Crippen molar-refractivity contribution in [3.8, 4) is 89.0 Å². The number of fused-ring (bicyclic) bond motifs is 6. The van der Waals surface area contributed by atoms with Crippen LogP contribution in [0.4, 0.5) is 28.4 Å². The molecule has 0 bridgehead atoms. The highest BCUT2D eigenvalue weighted by atomic mass is 35.5. The lowest BCUT2D eigenvalue weighted by molar-refractivity contribution is 0.669.